The summed E-state index contributed by atoms with van der Waals surface area (Å²) in [6.07, 6.45) is 3.48. The minimum absolute atomic E-state index is 0.491. The zero-order chi connectivity index (χ0) is 10.5. The molecule has 1 saturated heterocycles. The number of benzene rings is 1. The van der Waals surface area contributed by atoms with Crippen molar-refractivity contribution in [1.82, 2.24) is 0 Å². The standard InChI is InChI=1S/C13H17OP/c1-10-11-7-8-13(10)15(14,9-11)12-5-3-2-4-6-12/h2-6,10-11,13H,7-9H2,1H3/t10?,11-,13?,15?/m1/s1. The molecule has 0 aromatic heterocycles. The van der Waals surface area contributed by atoms with Gasteiger partial charge in [0.05, 0.1) is 0 Å². The fourth-order valence-electron chi connectivity index (χ4n) is 3.53. The summed E-state index contributed by atoms with van der Waals surface area (Å²) < 4.78 is 13.0. The number of rotatable bonds is 1. The van der Waals surface area contributed by atoms with Crippen LogP contribution in [-0.2, 0) is 4.57 Å². The molecular formula is C13H17OP. The van der Waals surface area contributed by atoms with Gasteiger partial charge in [-0.15, -0.1) is 0 Å². The van der Waals surface area contributed by atoms with Crippen molar-refractivity contribution in [3.05, 3.63) is 30.3 Å². The fourth-order valence-corrected chi connectivity index (χ4v) is 7.85. The Hall–Kier alpha value is -0.550. The van der Waals surface area contributed by atoms with Crippen LogP contribution < -0.4 is 5.30 Å². The first-order valence-electron chi connectivity index (χ1n) is 5.86. The molecule has 4 atom stereocenters. The van der Waals surface area contributed by atoms with Crippen molar-refractivity contribution in [2.24, 2.45) is 11.8 Å². The molecule has 15 heavy (non-hydrogen) atoms. The van der Waals surface area contributed by atoms with E-state index < -0.39 is 7.14 Å². The van der Waals surface area contributed by atoms with Gasteiger partial charge >= 0.3 is 0 Å². The Kier molecular flexibility index (Phi) is 2.07. The molecule has 1 aliphatic carbocycles. The Morgan fingerprint density at radius 2 is 1.93 bits per heavy atom. The van der Waals surface area contributed by atoms with E-state index in [0.717, 1.165) is 17.4 Å². The second kappa shape index (κ2) is 3.22. The number of hydrogen-bond donors (Lipinski definition) is 0. The van der Waals surface area contributed by atoms with Crippen LogP contribution in [0, 0.1) is 11.8 Å². The van der Waals surface area contributed by atoms with Gasteiger partial charge in [0.2, 0.25) is 0 Å². The highest BCUT2D eigenvalue weighted by atomic mass is 31.2. The van der Waals surface area contributed by atoms with Crippen molar-refractivity contribution in [1.29, 1.82) is 0 Å². The van der Waals surface area contributed by atoms with Crippen LogP contribution in [0.15, 0.2) is 30.3 Å². The summed E-state index contributed by atoms with van der Waals surface area (Å²) in [5.41, 5.74) is 0.491. The molecule has 80 valence electrons. The average Bonchev–Trinajstić information content (AvgIpc) is 2.74. The normalized spacial score (nSPS) is 43.4. The Bertz CT molecular complexity index is 412. The molecule has 2 heteroatoms. The van der Waals surface area contributed by atoms with E-state index in [0.29, 0.717) is 11.6 Å². The molecule has 3 unspecified atom stereocenters. The Labute approximate surface area is 91.3 Å². The molecule has 1 nitrogen and oxygen atoms in total. The molecule has 2 fully saturated rings. The number of hydrogen-bond acceptors (Lipinski definition) is 1. The highest BCUT2D eigenvalue weighted by molar-refractivity contribution is 7.72. The minimum atomic E-state index is -2.04. The van der Waals surface area contributed by atoms with Crippen LogP contribution >= 0.6 is 7.14 Å². The van der Waals surface area contributed by atoms with E-state index in [2.05, 4.69) is 19.1 Å². The van der Waals surface area contributed by atoms with Crippen LogP contribution in [0.25, 0.3) is 0 Å². The summed E-state index contributed by atoms with van der Waals surface area (Å²) >= 11 is 0. The van der Waals surface area contributed by atoms with Crippen LogP contribution in [0.2, 0.25) is 0 Å². The Balaban J connectivity index is 2.04. The lowest BCUT2D eigenvalue weighted by Gasteiger charge is -2.23. The maximum Gasteiger partial charge on any atom is 0.119 e. The van der Waals surface area contributed by atoms with Gasteiger partial charge in [0, 0.05) is 17.1 Å². The third-order valence-electron chi connectivity index (χ3n) is 4.42. The summed E-state index contributed by atoms with van der Waals surface area (Å²) in [5.74, 6) is 1.43. The van der Waals surface area contributed by atoms with Gasteiger partial charge in [-0.25, -0.2) is 0 Å². The van der Waals surface area contributed by atoms with Gasteiger partial charge in [-0.2, -0.15) is 0 Å². The first-order valence-corrected chi connectivity index (χ1v) is 7.82. The molecule has 2 aliphatic rings. The van der Waals surface area contributed by atoms with Gasteiger partial charge in [-0.3, -0.25) is 0 Å². The summed E-state index contributed by atoms with van der Waals surface area (Å²) in [7, 11) is -2.04. The van der Waals surface area contributed by atoms with Gasteiger partial charge in [-0.05, 0) is 24.7 Å². The molecular weight excluding hydrogens is 203 g/mol. The van der Waals surface area contributed by atoms with Gasteiger partial charge in [-0.1, -0.05) is 37.3 Å². The van der Waals surface area contributed by atoms with Crippen LogP contribution in [0.1, 0.15) is 19.8 Å². The largest absolute Gasteiger partial charge is 0.318 e. The van der Waals surface area contributed by atoms with Gasteiger partial charge in [0.25, 0.3) is 0 Å². The average molecular weight is 220 g/mol. The zero-order valence-electron chi connectivity index (χ0n) is 9.10. The van der Waals surface area contributed by atoms with Crippen LogP contribution in [0.4, 0.5) is 0 Å². The molecule has 0 amide bonds. The molecule has 0 spiro atoms. The molecule has 1 aliphatic heterocycles. The fraction of sp³-hybridized carbons (Fsp3) is 0.538. The maximum absolute atomic E-state index is 13.0. The molecule has 1 heterocycles. The van der Waals surface area contributed by atoms with E-state index in [1.165, 1.54) is 12.8 Å². The summed E-state index contributed by atoms with van der Waals surface area (Å²) in [5, 5.41) is 1.13. The maximum atomic E-state index is 13.0. The van der Waals surface area contributed by atoms with Gasteiger partial charge in [0.15, 0.2) is 0 Å². The van der Waals surface area contributed by atoms with E-state index in [4.69, 9.17) is 0 Å². The second-order valence-electron chi connectivity index (χ2n) is 5.08. The van der Waals surface area contributed by atoms with Crippen LogP contribution in [-0.4, -0.2) is 11.8 Å². The smallest absolute Gasteiger partial charge is 0.119 e. The first kappa shape index (κ1) is 9.66. The topological polar surface area (TPSA) is 17.1 Å². The molecule has 0 radical (unpaired) electrons. The van der Waals surface area contributed by atoms with Crippen molar-refractivity contribution >= 4 is 12.4 Å². The van der Waals surface area contributed by atoms with Crippen molar-refractivity contribution in [3.63, 3.8) is 0 Å². The van der Waals surface area contributed by atoms with Crippen LogP contribution in [0.5, 0.6) is 0 Å². The SMILES string of the molecule is CC1C2CC[C@@H]1CP2(=O)c1ccccc1. The van der Waals surface area contributed by atoms with Gasteiger partial charge < -0.3 is 4.57 Å². The lowest BCUT2D eigenvalue weighted by Crippen LogP contribution is -2.16. The van der Waals surface area contributed by atoms with Crippen molar-refractivity contribution in [2.45, 2.75) is 25.4 Å². The number of fused-ring (bicyclic) bond motifs is 2. The predicted octanol–water partition coefficient (Wildman–Crippen LogP) is 3.10. The third-order valence-corrected chi connectivity index (χ3v) is 8.40. The highest BCUT2D eigenvalue weighted by Gasteiger charge is 2.53. The van der Waals surface area contributed by atoms with Crippen molar-refractivity contribution in [3.8, 4) is 0 Å². The summed E-state index contributed by atoms with van der Waals surface area (Å²) in [6, 6.07) is 10.2. The summed E-state index contributed by atoms with van der Waals surface area (Å²) in [6.45, 7) is 2.30. The van der Waals surface area contributed by atoms with Crippen molar-refractivity contribution < 1.29 is 4.57 Å². The molecule has 0 N–H and O–H groups in total. The second-order valence-corrected chi connectivity index (χ2v) is 8.21. The molecule has 1 aromatic rings. The molecule has 1 aromatic carbocycles. The van der Waals surface area contributed by atoms with E-state index in [-0.39, 0.29) is 0 Å². The van der Waals surface area contributed by atoms with E-state index in [9.17, 15) is 4.57 Å². The highest BCUT2D eigenvalue weighted by Crippen LogP contribution is 2.67. The quantitative estimate of drug-likeness (QED) is 0.665. The first-order chi connectivity index (χ1) is 7.22. The third kappa shape index (κ3) is 1.26. The van der Waals surface area contributed by atoms with Crippen LogP contribution in [0.3, 0.4) is 0 Å². The molecule has 1 saturated carbocycles. The zero-order valence-corrected chi connectivity index (χ0v) is 9.99. The van der Waals surface area contributed by atoms with E-state index in [1.807, 2.05) is 18.2 Å². The van der Waals surface area contributed by atoms with Gasteiger partial charge in [0.1, 0.15) is 7.14 Å². The van der Waals surface area contributed by atoms with E-state index in [1.54, 1.807) is 0 Å². The minimum Gasteiger partial charge on any atom is -0.318 e. The summed E-state index contributed by atoms with van der Waals surface area (Å²) in [4.78, 5) is 0. The lowest BCUT2D eigenvalue weighted by molar-refractivity contribution is 0.491. The predicted molar refractivity (Wildman–Crippen MR) is 64.2 cm³/mol. The van der Waals surface area contributed by atoms with E-state index >= 15 is 0 Å². The molecule has 3 rings (SSSR count). The Morgan fingerprint density at radius 3 is 2.47 bits per heavy atom. The lowest BCUT2D eigenvalue weighted by atomic mass is 10.0. The monoisotopic (exact) mass is 220 g/mol. The van der Waals surface area contributed by atoms with Crippen molar-refractivity contribution in [2.75, 3.05) is 6.16 Å². The molecule has 2 bridgehead atoms. The Morgan fingerprint density at radius 1 is 1.20 bits per heavy atom.